The van der Waals surface area contributed by atoms with Crippen molar-refractivity contribution >= 4 is 15.9 Å². The number of aliphatic hydroxyl groups is 1. The fraction of sp³-hybridized carbons (Fsp3) is 0.500. The first kappa shape index (κ1) is 12.7. The second kappa shape index (κ2) is 5.64. The van der Waals surface area contributed by atoms with Crippen LogP contribution in [0.15, 0.2) is 28.7 Å². The summed E-state index contributed by atoms with van der Waals surface area (Å²) in [4.78, 5) is 0. The predicted molar refractivity (Wildman–Crippen MR) is 67.0 cm³/mol. The Morgan fingerprint density at radius 1 is 1.40 bits per heavy atom. The van der Waals surface area contributed by atoms with Gasteiger partial charge >= 0.3 is 0 Å². The highest BCUT2D eigenvalue weighted by atomic mass is 79.9. The van der Waals surface area contributed by atoms with Gasteiger partial charge in [-0.05, 0) is 44.5 Å². The first-order chi connectivity index (χ1) is 7.03. The van der Waals surface area contributed by atoms with Crippen molar-refractivity contribution in [1.29, 1.82) is 0 Å². The Morgan fingerprint density at radius 3 is 2.73 bits per heavy atom. The maximum absolute atomic E-state index is 9.07. The molecule has 0 unspecified atom stereocenters. The number of benzene rings is 1. The Hall–Kier alpha value is -0.380. The Morgan fingerprint density at radius 2 is 2.13 bits per heavy atom. The molecule has 0 radical (unpaired) electrons. The van der Waals surface area contributed by atoms with Crippen LogP contribution < -0.4 is 5.32 Å². The molecule has 0 heterocycles. The van der Waals surface area contributed by atoms with Gasteiger partial charge in [0.15, 0.2) is 0 Å². The minimum absolute atomic E-state index is 0.158. The van der Waals surface area contributed by atoms with E-state index in [-0.39, 0.29) is 12.1 Å². The van der Waals surface area contributed by atoms with Gasteiger partial charge in [0.2, 0.25) is 0 Å². The minimum atomic E-state index is -0.188. The van der Waals surface area contributed by atoms with Crippen molar-refractivity contribution in [2.24, 2.45) is 0 Å². The molecule has 0 aliphatic rings. The number of hydrogen-bond acceptors (Lipinski definition) is 2. The average Bonchev–Trinajstić information content (AvgIpc) is 2.18. The van der Waals surface area contributed by atoms with Crippen LogP contribution in [0.1, 0.15) is 19.4 Å². The standard InChI is InChI=1S/C12H18BrNO/c1-12(2,9-15)14-7-6-10-4-3-5-11(13)8-10/h3-5,8,14-15H,6-7,9H2,1-2H3. The third-order valence-electron chi connectivity index (χ3n) is 2.30. The Bertz CT molecular complexity index is 312. The second-order valence-electron chi connectivity index (χ2n) is 4.35. The number of aliphatic hydroxyl groups excluding tert-OH is 1. The molecule has 15 heavy (non-hydrogen) atoms. The summed E-state index contributed by atoms with van der Waals surface area (Å²) in [5, 5.41) is 12.4. The van der Waals surface area contributed by atoms with Gasteiger partial charge in [-0.25, -0.2) is 0 Å². The van der Waals surface area contributed by atoms with E-state index < -0.39 is 0 Å². The molecular formula is C12H18BrNO. The molecule has 0 saturated carbocycles. The van der Waals surface area contributed by atoms with Gasteiger partial charge in [-0.1, -0.05) is 28.1 Å². The molecule has 1 aromatic carbocycles. The van der Waals surface area contributed by atoms with Crippen molar-refractivity contribution in [3.05, 3.63) is 34.3 Å². The van der Waals surface area contributed by atoms with Gasteiger partial charge in [-0.2, -0.15) is 0 Å². The van der Waals surface area contributed by atoms with E-state index in [0.717, 1.165) is 17.4 Å². The molecule has 0 aliphatic heterocycles. The van der Waals surface area contributed by atoms with Crippen molar-refractivity contribution in [3.8, 4) is 0 Å². The molecule has 0 atom stereocenters. The van der Waals surface area contributed by atoms with Crippen molar-refractivity contribution in [2.45, 2.75) is 25.8 Å². The fourth-order valence-corrected chi connectivity index (χ4v) is 1.74. The lowest BCUT2D eigenvalue weighted by molar-refractivity contribution is 0.189. The summed E-state index contributed by atoms with van der Waals surface area (Å²) in [5.41, 5.74) is 1.11. The molecule has 1 rings (SSSR count). The first-order valence-corrected chi connectivity index (χ1v) is 5.93. The number of rotatable bonds is 5. The van der Waals surface area contributed by atoms with Gasteiger partial charge in [0.05, 0.1) is 6.61 Å². The summed E-state index contributed by atoms with van der Waals surface area (Å²) in [6.45, 7) is 5.03. The topological polar surface area (TPSA) is 32.3 Å². The van der Waals surface area contributed by atoms with Gasteiger partial charge in [0, 0.05) is 10.0 Å². The van der Waals surface area contributed by atoms with Crippen LogP contribution in [0.3, 0.4) is 0 Å². The highest BCUT2D eigenvalue weighted by molar-refractivity contribution is 9.10. The molecular weight excluding hydrogens is 254 g/mol. The SMILES string of the molecule is CC(C)(CO)NCCc1cccc(Br)c1. The lowest BCUT2D eigenvalue weighted by atomic mass is 10.1. The van der Waals surface area contributed by atoms with Crippen molar-refractivity contribution in [1.82, 2.24) is 5.32 Å². The monoisotopic (exact) mass is 271 g/mol. The average molecular weight is 272 g/mol. The second-order valence-corrected chi connectivity index (χ2v) is 5.26. The third-order valence-corrected chi connectivity index (χ3v) is 2.79. The predicted octanol–water partition coefficient (Wildman–Crippen LogP) is 2.35. The summed E-state index contributed by atoms with van der Waals surface area (Å²) < 4.78 is 1.11. The van der Waals surface area contributed by atoms with Gasteiger partial charge in [0.25, 0.3) is 0 Å². The third kappa shape index (κ3) is 4.78. The van der Waals surface area contributed by atoms with Crippen LogP contribution >= 0.6 is 15.9 Å². The highest BCUT2D eigenvalue weighted by Gasteiger charge is 2.14. The molecule has 0 aromatic heterocycles. The van der Waals surface area contributed by atoms with Crippen LogP contribution in [0.5, 0.6) is 0 Å². The van der Waals surface area contributed by atoms with Gasteiger partial charge in [-0.15, -0.1) is 0 Å². The summed E-state index contributed by atoms with van der Waals surface area (Å²) in [5.74, 6) is 0. The summed E-state index contributed by atoms with van der Waals surface area (Å²) in [6.07, 6.45) is 0.975. The molecule has 3 heteroatoms. The fourth-order valence-electron chi connectivity index (χ4n) is 1.29. The number of nitrogens with one attached hydrogen (secondary N) is 1. The van der Waals surface area contributed by atoms with Crippen molar-refractivity contribution < 1.29 is 5.11 Å². The summed E-state index contributed by atoms with van der Waals surface area (Å²) in [6, 6.07) is 8.29. The zero-order chi connectivity index (χ0) is 11.3. The van der Waals surface area contributed by atoms with E-state index in [9.17, 15) is 0 Å². The number of hydrogen-bond donors (Lipinski definition) is 2. The summed E-state index contributed by atoms with van der Waals surface area (Å²) >= 11 is 3.45. The molecule has 0 saturated heterocycles. The van der Waals surface area contributed by atoms with Gasteiger partial charge < -0.3 is 10.4 Å². The Kier molecular flexibility index (Phi) is 4.77. The van der Waals surface area contributed by atoms with Crippen LogP contribution in [0.25, 0.3) is 0 Å². The van der Waals surface area contributed by atoms with E-state index >= 15 is 0 Å². The van der Waals surface area contributed by atoms with E-state index in [2.05, 4.69) is 33.4 Å². The van der Waals surface area contributed by atoms with Crippen LogP contribution in [0.4, 0.5) is 0 Å². The Balaban J connectivity index is 2.38. The zero-order valence-corrected chi connectivity index (χ0v) is 10.8. The maximum atomic E-state index is 9.07. The molecule has 2 nitrogen and oxygen atoms in total. The molecule has 84 valence electrons. The van der Waals surface area contributed by atoms with E-state index in [1.54, 1.807) is 0 Å². The molecule has 0 spiro atoms. The highest BCUT2D eigenvalue weighted by Crippen LogP contribution is 2.12. The summed E-state index contributed by atoms with van der Waals surface area (Å²) in [7, 11) is 0. The van der Waals surface area contributed by atoms with E-state index in [1.165, 1.54) is 5.56 Å². The molecule has 0 bridgehead atoms. The van der Waals surface area contributed by atoms with Crippen molar-refractivity contribution in [3.63, 3.8) is 0 Å². The largest absolute Gasteiger partial charge is 0.394 e. The Labute approximate surface area is 99.8 Å². The number of halogens is 1. The smallest absolute Gasteiger partial charge is 0.0607 e. The normalized spacial score (nSPS) is 11.7. The molecule has 0 amide bonds. The van der Waals surface area contributed by atoms with Crippen molar-refractivity contribution in [2.75, 3.05) is 13.2 Å². The van der Waals surface area contributed by atoms with Crippen LogP contribution in [0, 0.1) is 0 Å². The molecule has 0 fully saturated rings. The van der Waals surface area contributed by atoms with Crippen LogP contribution in [-0.2, 0) is 6.42 Å². The van der Waals surface area contributed by atoms with E-state index in [1.807, 2.05) is 26.0 Å². The maximum Gasteiger partial charge on any atom is 0.0607 e. The molecule has 0 aliphatic carbocycles. The molecule has 1 aromatic rings. The first-order valence-electron chi connectivity index (χ1n) is 5.14. The zero-order valence-electron chi connectivity index (χ0n) is 9.26. The van der Waals surface area contributed by atoms with Gasteiger partial charge in [0.1, 0.15) is 0 Å². The minimum Gasteiger partial charge on any atom is -0.394 e. The van der Waals surface area contributed by atoms with Gasteiger partial charge in [-0.3, -0.25) is 0 Å². The van der Waals surface area contributed by atoms with Crippen LogP contribution in [0.2, 0.25) is 0 Å². The lowest BCUT2D eigenvalue weighted by Crippen LogP contribution is -2.43. The quantitative estimate of drug-likeness (QED) is 0.862. The lowest BCUT2D eigenvalue weighted by Gasteiger charge is -2.23. The van der Waals surface area contributed by atoms with E-state index in [0.29, 0.717) is 0 Å². The van der Waals surface area contributed by atoms with Crippen LogP contribution in [-0.4, -0.2) is 23.8 Å². The molecule has 2 N–H and O–H groups in total. The van der Waals surface area contributed by atoms with E-state index in [4.69, 9.17) is 5.11 Å².